The van der Waals surface area contributed by atoms with Crippen LogP contribution in [0.5, 0.6) is 0 Å². The molecular formula is C25H24FN5O2. The summed E-state index contributed by atoms with van der Waals surface area (Å²) in [7, 11) is 0. The zero-order valence-electron chi connectivity index (χ0n) is 18.1. The van der Waals surface area contributed by atoms with Crippen LogP contribution in [0.2, 0.25) is 0 Å². The van der Waals surface area contributed by atoms with Gasteiger partial charge in [0.2, 0.25) is 0 Å². The van der Waals surface area contributed by atoms with Crippen molar-refractivity contribution < 1.29 is 9.18 Å². The summed E-state index contributed by atoms with van der Waals surface area (Å²) < 4.78 is 14.5. The Kier molecular flexibility index (Phi) is 5.43. The summed E-state index contributed by atoms with van der Waals surface area (Å²) in [6.07, 6.45) is 2.96. The molecule has 1 aliphatic carbocycles. The van der Waals surface area contributed by atoms with Crippen LogP contribution < -0.4 is 10.9 Å². The Balaban J connectivity index is 1.23. The van der Waals surface area contributed by atoms with E-state index in [1.54, 1.807) is 23.1 Å². The number of nitrogens with zero attached hydrogens (tertiary/aromatic N) is 3. The second-order valence-corrected chi connectivity index (χ2v) is 9.04. The number of nitrogens with one attached hydrogen (secondary N) is 2. The number of hydrogen-bond donors (Lipinski definition) is 2. The first-order valence-electron chi connectivity index (χ1n) is 11.2. The summed E-state index contributed by atoms with van der Waals surface area (Å²) in [5, 5.41) is 20.6. The number of nitriles is 1. The average Bonchev–Trinajstić information content (AvgIpc) is 3.59. The Bertz CT molecular complexity index is 1320. The number of likely N-dealkylation sites (tertiary alicyclic amines) is 1. The second-order valence-electron chi connectivity index (χ2n) is 9.04. The molecular weight excluding hydrogens is 421 g/mol. The fraction of sp³-hybridized carbons (Fsp3) is 0.360. The van der Waals surface area contributed by atoms with Crippen molar-refractivity contribution in [3.63, 3.8) is 0 Å². The summed E-state index contributed by atoms with van der Waals surface area (Å²) >= 11 is 0. The monoisotopic (exact) mass is 445 g/mol. The number of hydrogen-bond acceptors (Lipinski definition) is 5. The van der Waals surface area contributed by atoms with E-state index < -0.39 is 5.82 Å². The lowest BCUT2D eigenvalue weighted by atomic mass is 10.00. The molecule has 33 heavy (non-hydrogen) atoms. The molecule has 168 valence electrons. The van der Waals surface area contributed by atoms with E-state index >= 15 is 0 Å². The summed E-state index contributed by atoms with van der Waals surface area (Å²) in [5.41, 5.74) is 1.20. The number of aromatic amines is 1. The molecule has 0 bridgehead atoms. The van der Waals surface area contributed by atoms with Crippen molar-refractivity contribution >= 4 is 16.7 Å². The van der Waals surface area contributed by atoms with Gasteiger partial charge in [0.15, 0.2) is 0 Å². The molecule has 1 saturated carbocycles. The molecule has 1 saturated heterocycles. The first-order chi connectivity index (χ1) is 16.0. The Morgan fingerprint density at radius 1 is 1.21 bits per heavy atom. The van der Waals surface area contributed by atoms with Crippen LogP contribution in [0.1, 0.15) is 34.5 Å². The molecule has 0 atom stereocenters. The fourth-order valence-corrected chi connectivity index (χ4v) is 4.28. The first kappa shape index (κ1) is 21.3. The summed E-state index contributed by atoms with van der Waals surface area (Å²) in [5.74, 6) is -0.851. The fourth-order valence-electron chi connectivity index (χ4n) is 4.28. The third kappa shape index (κ3) is 4.24. The number of carbonyl (C=O) groups excluding carboxylic acids is 1. The minimum Gasteiger partial charge on any atom is -0.335 e. The van der Waals surface area contributed by atoms with Gasteiger partial charge in [-0.05, 0) is 49.4 Å². The minimum atomic E-state index is -0.533. The van der Waals surface area contributed by atoms with Gasteiger partial charge < -0.3 is 10.2 Å². The van der Waals surface area contributed by atoms with E-state index in [2.05, 4.69) is 21.6 Å². The van der Waals surface area contributed by atoms with Gasteiger partial charge in [0, 0.05) is 31.1 Å². The van der Waals surface area contributed by atoms with Gasteiger partial charge in [0.1, 0.15) is 5.82 Å². The van der Waals surface area contributed by atoms with Crippen molar-refractivity contribution in [1.82, 2.24) is 20.4 Å². The Morgan fingerprint density at radius 2 is 1.97 bits per heavy atom. The lowest BCUT2D eigenvalue weighted by Gasteiger charge is -2.40. The Labute approximate surface area is 190 Å². The zero-order chi connectivity index (χ0) is 23.0. The van der Waals surface area contributed by atoms with Crippen LogP contribution in [0.25, 0.3) is 10.8 Å². The van der Waals surface area contributed by atoms with Crippen molar-refractivity contribution in [2.75, 3.05) is 19.6 Å². The third-order valence-electron chi connectivity index (χ3n) is 6.68. The number of aromatic nitrogens is 2. The van der Waals surface area contributed by atoms with Crippen molar-refractivity contribution in [3.8, 4) is 6.07 Å². The quantitative estimate of drug-likeness (QED) is 0.582. The van der Waals surface area contributed by atoms with E-state index in [0.717, 1.165) is 29.5 Å². The number of rotatable bonds is 7. The Hall–Kier alpha value is -3.57. The molecule has 0 radical (unpaired) electrons. The summed E-state index contributed by atoms with van der Waals surface area (Å²) in [4.78, 5) is 26.5. The van der Waals surface area contributed by atoms with Gasteiger partial charge in [-0.15, -0.1) is 0 Å². The van der Waals surface area contributed by atoms with E-state index in [1.165, 1.54) is 6.07 Å². The van der Waals surface area contributed by atoms with Crippen molar-refractivity contribution in [1.29, 1.82) is 5.26 Å². The SMILES string of the molecule is N#CC1(CNC2CN(C(=O)c3cc(CCc4n[nH]c(=O)c5ccccc45)ccc3F)C2)CC1. The predicted molar refractivity (Wildman–Crippen MR) is 121 cm³/mol. The smallest absolute Gasteiger partial charge is 0.272 e. The molecule has 2 aliphatic rings. The van der Waals surface area contributed by atoms with Gasteiger partial charge in [-0.2, -0.15) is 10.4 Å². The van der Waals surface area contributed by atoms with Crippen molar-refractivity contribution in [2.45, 2.75) is 31.7 Å². The number of benzene rings is 2. The van der Waals surface area contributed by atoms with Gasteiger partial charge >= 0.3 is 0 Å². The van der Waals surface area contributed by atoms with Gasteiger partial charge in [-0.3, -0.25) is 9.59 Å². The molecule has 8 heteroatoms. The van der Waals surface area contributed by atoms with E-state index in [9.17, 15) is 19.2 Å². The van der Waals surface area contributed by atoms with Gasteiger partial charge in [0.05, 0.1) is 28.1 Å². The van der Waals surface area contributed by atoms with Crippen LogP contribution in [0.15, 0.2) is 47.3 Å². The lowest BCUT2D eigenvalue weighted by Crippen LogP contribution is -2.60. The lowest BCUT2D eigenvalue weighted by molar-refractivity contribution is 0.0559. The average molecular weight is 445 g/mol. The van der Waals surface area contributed by atoms with Gasteiger partial charge in [0.25, 0.3) is 11.5 Å². The molecule has 5 rings (SSSR count). The molecule has 2 aromatic carbocycles. The van der Waals surface area contributed by atoms with Crippen LogP contribution in [0.4, 0.5) is 4.39 Å². The molecule has 0 unspecified atom stereocenters. The van der Waals surface area contributed by atoms with Crippen LogP contribution >= 0.6 is 0 Å². The standard InChI is InChI=1S/C25H24FN5O2/c26-21-7-5-16(6-8-22-18-3-1-2-4-19(18)23(32)30-29-22)11-20(21)24(33)31-12-17(13-31)28-15-25(14-27)9-10-25/h1-5,7,11,17,28H,6,8-10,12-13,15H2,(H,30,32). The maximum Gasteiger partial charge on any atom is 0.272 e. The van der Waals surface area contributed by atoms with Crippen molar-refractivity contribution in [3.05, 3.63) is 75.5 Å². The molecule has 2 N–H and O–H groups in total. The minimum absolute atomic E-state index is 0.0703. The molecule has 2 fully saturated rings. The molecule has 1 aliphatic heterocycles. The van der Waals surface area contributed by atoms with E-state index in [4.69, 9.17) is 0 Å². The number of halogens is 1. The molecule has 0 spiro atoms. The zero-order valence-corrected chi connectivity index (χ0v) is 18.1. The number of fused-ring (bicyclic) bond motifs is 1. The highest BCUT2D eigenvalue weighted by atomic mass is 19.1. The maximum absolute atomic E-state index is 14.5. The topological polar surface area (TPSA) is 102 Å². The third-order valence-corrected chi connectivity index (χ3v) is 6.68. The largest absolute Gasteiger partial charge is 0.335 e. The van der Waals surface area contributed by atoms with Gasteiger partial charge in [-0.25, -0.2) is 9.49 Å². The predicted octanol–water partition coefficient (Wildman–Crippen LogP) is 2.57. The van der Waals surface area contributed by atoms with Crippen LogP contribution in [0.3, 0.4) is 0 Å². The molecule has 1 amide bonds. The highest BCUT2D eigenvalue weighted by Gasteiger charge is 2.44. The normalized spacial score (nSPS) is 16.9. The molecule has 3 aromatic rings. The van der Waals surface area contributed by atoms with Gasteiger partial charge in [-0.1, -0.05) is 24.3 Å². The van der Waals surface area contributed by atoms with E-state index in [1.807, 2.05) is 18.2 Å². The number of amides is 1. The first-order valence-corrected chi connectivity index (χ1v) is 11.2. The second kappa shape index (κ2) is 8.41. The van der Waals surface area contributed by atoms with Crippen LogP contribution in [-0.2, 0) is 12.8 Å². The highest BCUT2D eigenvalue weighted by Crippen LogP contribution is 2.44. The number of H-pyrrole nitrogens is 1. The molecule has 7 nitrogen and oxygen atoms in total. The Morgan fingerprint density at radius 3 is 2.70 bits per heavy atom. The van der Waals surface area contributed by atoms with E-state index in [0.29, 0.717) is 37.9 Å². The van der Waals surface area contributed by atoms with E-state index in [-0.39, 0.29) is 28.5 Å². The molecule has 2 heterocycles. The summed E-state index contributed by atoms with van der Waals surface area (Å²) in [6.45, 7) is 1.67. The maximum atomic E-state index is 14.5. The number of aryl methyl sites for hydroxylation is 2. The van der Waals surface area contributed by atoms with Crippen LogP contribution in [0, 0.1) is 22.6 Å². The highest BCUT2D eigenvalue weighted by molar-refractivity contribution is 5.95. The number of carbonyl (C=O) groups is 1. The van der Waals surface area contributed by atoms with Crippen LogP contribution in [-0.4, -0.2) is 46.7 Å². The molecule has 1 aromatic heterocycles. The van der Waals surface area contributed by atoms with Crippen molar-refractivity contribution in [2.24, 2.45) is 5.41 Å². The summed E-state index contributed by atoms with van der Waals surface area (Å²) in [6, 6.07) is 14.4.